The first-order valence-corrected chi connectivity index (χ1v) is 10.9. The molecule has 2 aromatic heterocycles. The summed E-state index contributed by atoms with van der Waals surface area (Å²) in [6.45, 7) is 0. The number of nitrogens with zero attached hydrogens (tertiary/aromatic N) is 4. The fourth-order valence-corrected chi connectivity index (χ4v) is 4.10. The van der Waals surface area contributed by atoms with Gasteiger partial charge in [-0.25, -0.2) is 9.67 Å². The average Bonchev–Trinajstić information content (AvgIpc) is 3.38. The number of carbonyl (C=O) groups is 1. The third-order valence-electron chi connectivity index (χ3n) is 4.97. The van der Waals surface area contributed by atoms with Crippen molar-refractivity contribution in [1.82, 2.24) is 19.3 Å². The van der Waals surface area contributed by atoms with E-state index in [1.54, 1.807) is 6.20 Å². The Morgan fingerprint density at radius 2 is 1.73 bits per heavy atom. The van der Waals surface area contributed by atoms with Gasteiger partial charge >= 0.3 is 0 Å². The number of thioether (sulfide) groups is 1. The summed E-state index contributed by atoms with van der Waals surface area (Å²) in [5.74, 6) is 1.41. The van der Waals surface area contributed by atoms with Crippen LogP contribution in [0.3, 0.4) is 0 Å². The standard InChI is InChI=1S/C23H21N5OS/c29-22(16-30-23-24-13-14-27(23)18-7-3-1-4-8-18)25-21-15-20(17-11-12-17)26-28(21)19-9-5-2-6-10-19/h1-10,13-15,17H,11-12,16H2,(H,25,29). The van der Waals surface area contributed by atoms with Crippen LogP contribution in [0.25, 0.3) is 11.4 Å². The van der Waals surface area contributed by atoms with Crippen molar-refractivity contribution < 1.29 is 4.79 Å². The van der Waals surface area contributed by atoms with Gasteiger partial charge in [0.15, 0.2) is 5.16 Å². The highest BCUT2D eigenvalue weighted by Crippen LogP contribution is 2.40. The van der Waals surface area contributed by atoms with E-state index >= 15 is 0 Å². The van der Waals surface area contributed by atoms with Crippen LogP contribution in [0.4, 0.5) is 5.82 Å². The molecular weight excluding hydrogens is 394 g/mol. The number of benzene rings is 2. The number of para-hydroxylation sites is 2. The van der Waals surface area contributed by atoms with Gasteiger partial charge in [0.2, 0.25) is 5.91 Å². The van der Waals surface area contributed by atoms with Crippen LogP contribution in [-0.2, 0) is 4.79 Å². The predicted molar refractivity (Wildman–Crippen MR) is 118 cm³/mol. The summed E-state index contributed by atoms with van der Waals surface area (Å²) in [6, 6.07) is 21.9. The second-order valence-corrected chi connectivity index (χ2v) is 8.17. The Kier molecular flexibility index (Phi) is 5.11. The van der Waals surface area contributed by atoms with Gasteiger partial charge in [0.1, 0.15) is 5.82 Å². The number of nitrogens with one attached hydrogen (secondary N) is 1. The molecule has 2 aromatic carbocycles. The Morgan fingerprint density at radius 1 is 1.03 bits per heavy atom. The lowest BCUT2D eigenvalue weighted by molar-refractivity contribution is -0.113. The summed E-state index contributed by atoms with van der Waals surface area (Å²) in [5.41, 5.74) is 3.00. The Balaban J connectivity index is 1.31. The summed E-state index contributed by atoms with van der Waals surface area (Å²) in [6.07, 6.45) is 5.98. The molecule has 0 bridgehead atoms. The third-order valence-corrected chi connectivity index (χ3v) is 5.93. The van der Waals surface area contributed by atoms with Gasteiger partial charge in [0, 0.05) is 30.1 Å². The van der Waals surface area contributed by atoms with Crippen molar-refractivity contribution in [1.29, 1.82) is 0 Å². The van der Waals surface area contributed by atoms with E-state index in [-0.39, 0.29) is 11.7 Å². The summed E-state index contributed by atoms with van der Waals surface area (Å²) in [4.78, 5) is 17.1. The van der Waals surface area contributed by atoms with Crippen molar-refractivity contribution in [2.45, 2.75) is 23.9 Å². The predicted octanol–water partition coefficient (Wildman–Crippen LogP) is 4.67. The quantitative estimate of drug-likeness (QED) is 0.446. The molecule has 7 heteroatoms. The van der Waals surface area contributed by atoms with Crippen LogP contribution in [0, 0.1) is 0 Å². The fraction of sp³-hybridized carbons (Fsp3) is 0.174. The highest BCUT2D eigenvalue weighted by atomic mass is 32.2. The molecule has 0 aliphatic heterocycles. The number of rotatable bonds is 7. The number of hydrogen-bond donors (Lipinski definition) is 1. The lowest BCUT2D eigenvalue weighted by Crippen LogP contribution is -2.17. The van der Waals surface area contributed by atoms with E-state index < -0.39 is 0 Å². The minimum atomic E-state index is -0.0814. The molecule has 0 unspecified atom stereocenters. The SMILES string of the molecule is O=C(CSc1nccn1-c1ccccc1)Nc1cc(C2CC2)nn1-c1ccccc1. The minimum Gasteiger partial charge on any atom is -0.310 e. The lowest BCUT2D eigenvalue weighted by atomic mass is 10.3. The maximum atomic E-state index is 12.7. The molecule has 0 saturated heterocycles. The van der Waals surface area contributed by atoms with Crippen molar-refractivity contribution in [3.8, 4) is 11.4 Å². The first-order valence-electron chi connectivity index (χ1n) is 9.95. The normalized spacial score (nSPS) is 13.3. The van der Waals surface area contributed by atoms with E-state index in [0.29, 0.717) is 11.7 Å². The molecule has 0 spiro atoms. The van der Waals surface area contributed by atoms with Gasteiger partial charge in [0.25, 0.3) is 0 Å². The number of amides is 1. The van der Waals surface area contributed by atoms with Crippen LogP contribution < -0.4 is 5.32 Å². The molecule has 0 atom stereocenters. The fourth-order valence-electron chi connectivity index (χ4n) is 3.32. The second kappa shape index (κ2) is 8.20. The molecule has 4 aromatic rings. The van der Waals surface area contributed by atoms with E-state index in [0.717, 1.165) is 35.1 Å². The zero-order chi connectivity index (χ0) is 20.3. The maximum absolute atomic E-state index is 12.7. The Labute approximate surface area is 179 Å². The number of imidazole rings is 1. The zero-order valence-electron chi connectivity index (χ0n) is 16.3. The van der Waals surface area contributed by atoms with Gasteiger partial charge in [-0.1, -0.05) is 48.2 Å². The summed E-state index contributed by atoms with van der Waals surface area (Å²) < 4.78 is 3.80. The Morgan fingerprint density at radius 3 is 2.43 bits per heavy atom. The molecule has 1 N–H and O–H groups in total. The summed E-state index contributed by atoms with van der Waals surface area (Å²) in [5, 5.41) is 8.56. The Hall–Kier alpha value is -3.32. The molecule has 1 saturated carbocycles. The Bertz CT molecular complexity index is 1150. The van der Waals surface area contributed by atoms with Crippen LogP contribution in [0.15, 0.2) is 84.3 Å². The van der Waals surface area contributed by atoms with Gasteiger partial charge < -0.3 is 5.32 Å². The van der Waals surface area contributed by atoms with E-state index in [9.17, 15) is 4.79 Å². The van der Waals surface area contributed by atoms with Crippen molar-refractivity contribution in [2.75, 3.05) is 11.1 Å². The molecule has 0 radical (unpaired) electrons. The zero-order valence-corrected chi connectivity index (χ0v) is 17.1. The molecule has 2 heterocycles. The number of hydrogen-bond acceptors (Lipinski definition) is 4. The molecule has 1 aliphatic carbocycles. The van der Waals surface area contributed by atoms with Crippen LogP contribution in [0.5, 0.6) is 0 Å². The molecular formula is C23H21N5OS. The highest BCUT2D eigenvalue weighted by Gasteiger charge is 2.28. The molecule has 150 valence electrons. The van der Waals surface area contributed by atoms with Crippen molar-refractivity contribution in [3.05, 3.63) is 84.8 Å². The minimum absolute atomic E-state index is 0.0814. The van der Waals surface area contributed by atoms with E-state index in [4.69, 9.17) is 5.10 Å². The van der Waals surface area contributed by atoms with Gasteiger partial charge in [-0.15, -0.1) is 0 Å². The van der Waals surface area contributed by atoms with E-state index in [1.165, 1.54) is 11.8 Å². The maximum Gasteiger partial charge on any atom is 0.236 e. The van der Waals surface area contributed by atoms with E-state index in [1.807, 2.05) is 82.2 Å². The highest BCUT2D eigenvalue weighted by molar-refractivity contribution is 7.99. The second-order valence-electron chi connectivity index (χ2n) is 7.23. The first kappa shape index (κ1) is 18.7. The van der Waals surface area contributed by atoms with Crippen molar-refractivity contribution >= 4 is 23.5 Å². The summed E-state index contributed by atoms with van der Waals surface area (Å²) >= 11 is 1.41. The largest absolute Gasteiger partial charge is 0.310 e. The molecule has 5 rings (SSSR count). The first-order chi connectivity index (χ1) is 14.8. The number of anilines is 1. The molecule has 1 amide bonds. The van der Waals surface area contributed by atoms with Crippen LogP contribution in [0.2, 0.25) is 0 Å². The number of carbonyl (C=O) groups excluding carboxylic acids is 1. The van der Waals surface area contributed by atoms with Crippen LogP contribution >= 0.6 is 11.8 Å². The van der Waals surface area contributed by atoms with Crippen LogP contribution in [0.1, 0.15) is 24.5 Å². The van der Waals surface area contributed by atoms with Gasteiger partial charge in [-0.2, -0.15) is 5.10 Å². The van der Waals surface area contributed by atoms with Gasteiger partial charge in [0.05, 0.1) is 17.1 Å². The third kappa shape index (κ3) is 4.02. The lowest BCUT2D eigenvalue weighted by Gasteiger charge is -2.09. The monoisotopic (exact) mass is 415 g/mol. The van der Waals surface area contributed by atoms with Crippen molar-refractivity contribution in [2.24, 2.45) is 0 Å². The molecule has 1 aliphatic rings. The topological polar surface area (TPSA) is 64.7 Å². The molecule has 6 nitrogen and oxygen atoms in total. The average molecular weight is 416 g/mol. The molecule has 1 fully saturated rings. The van der Waals surface area contributed by atoms with Gasteiger partial charge in [-0.3, -0.25) is 9.36 Å². The summed E-state index contributed by atoms with van der Waals surface area (Å²) in [7, 11) is 0. The smallest absolute Gasteiger partial charge is 0.236 e. The van der Waals surface area contributed by atoms with Crippen LogP contribution in [-0.4, -0.2) is 31.0 Å². The van der Waals surface area contributed by atoms with E-state index in [2.05, 4.69) is 10.3 Å². The molecule has 30 heavy (non-hydrogen) atoms. The van der Waals surface area contributed by atoms with Crippen molar-refractivity contribution in [3.63, 3.8) is 0 Å². The number of aromatic nitrogens is 4. The van der Waals surface area contributed by atoms with Gasteiger partial charge in [-0.05, 0) is 37.1 Å².